The summed E-state index contributed by atoms with van der Waals surface area (Å²) >= 11 is 5.84. The molecule has 0 aromatic heterocycles. The molecule has 1 aromatic carbocycles. The Bertz CT molecular complexity index is 303. The Kier molecular flexibility index (Phi) is 2.45. The lowest BCUT2D eigenvalue weighted by Gasteiger charge is -2.11. The van der Waals surface area contributed by atoms with Gasteiger partial charge in [0.2, 0.25) is 0 Å². The van der Waals surface area contributed by atoms with Gasteiger partial charge in [0.05, 0.1) is 5.02 Å². The third kappa shape index (κ3) is 1.66. The van der Waals surface area contributed by atoms with Gasteiger partial charge in [-0.05, 0) is 30.4 Å². The molecule has 70 valence electrons. The predicted octanol–water partition coefficient (Wildman–Crippen LogP) is 3.70. The van der Waals surface area contributed by atoms with E-state index in [1.165, 1.54) is 25.7 Å². The Hall–Kier alpha value is -0.690. The maximum Gasteiger partial charge on any atom is 0.137 e. The van der Waals surface area contributed by atoms with Gasteiger partial charge >= 0.3 is 0 Å². The van der Waals surface area contributed by atoms with E-state index in [9.17, 15) is 5.11 Å². The molecule has 0 atom stereocenters. The molecule has 2 heteroatoms. The maximum atomic E-state index is 9.73. The summed E-state index contributed by atoms with van der Waals surface area (Å²) in [6.45, 7) is 0. The van der Waals surface area contributed by atoms with Crippen LogP contribution in [0.15, 0.2) is 18.2 Å². The number of hydrogen-bond acceptors (Lipinski definition) is 1. The second-order valence-electron chi connectivity index (χ2n) is 3.66. The number of phenols is 1. The molecule has 0 saturated heterocycles. The number of benzene rings is 1. The average Bonchev–Trinajstić information content (AvgIpc) is 2.62. The molecule has 1 nitrogen and oxygen atoms in total. The van der Waals surface area contributed by atoms with E-state index in [4.69, 9.17) is 11.6 Å². The summed E-state index contributed by atoms with van der Waals surface area (Å²) in [5, 5.41) is 10.2. The topological polar surface area (TPSA) is 20.2 Å². The summed E-state index contributed by atoms with van der Waals surface area (Å²) in [4.78, 5) is 0. The number of phenolic OH excluding ortho intramolecular Hbond substituents is 1. The highest BCUT2D eigenvalue weighted by molar-refractivity contribution is 6.32. The highest BCUT2D eigenvalue weighted by Gasteiger charge is 2.20. The van der Waals surface area contributed by atoms with Gasteiger partial charge in [0.15, 0.2) is 0 Å². The summed E-state index contributed by atoms with van der Waals surface area (Å²) in [6, 6.07) is 5.63. The average molecular weight is 197 g/mol. The molecule has 1 fully saturated rings. The van der Waals surface area contributed by atoms with Crippen LogP contribution in [0.4, 0.5) is 0 Å². The van der Waals surface area contributed by atoms with Crippen molar-refractivity contribution < 1.29 is 5.11 Å². The van der Waals surface area contributed by atoms with Crippen molar-refractivity contribution in [2.24, 2.45) is 0 Å². The van der Waals surface area contributed by atoms with Crippen molar-refractivity contribution >= 4 is 11.6 Å². The highest BCUT2D eigenvalue weighted by Crippen LogP contribution is 2.40. The number of para-hydroxylation sites is 1. The minimum atomic E-state index is 0.288. The fraction of sp³-hybridized carbons (Fsp3) is 0.455. The van der Waals surface area contributed by atoms with E-state index in [0.717, 1.165) is 5.56 Å². The first-order valence-electron chi connectivity index (χ1n) is 4.76. The van der Waals surface area contributed by atoms with Crippen LogP contribution in [0.1, 0.15) is 37.2 Å². The van der Waals surface area contributed by atoms with Crippen LogP contribution in [-0.2, 0) is 0 Å². The van der Waals surface area contributed by atoms with Crippen molar-refractivity contribution in [2.45, 2.75) is 31.6 Å². The van der Waals surface area contributed by atoms with Crippen molar-refractivity contribution in [3.05, 3.63) is 28.8 Å². The Labute approximate surface area is 83.3 Å². The largest absolute Gasteiger partial charge is 0.506 e. The van der Waals surface area contributed by atoms with Crippen LogP contribution in [0.3, 0.4) is 0 Å². The second kappa shape index (κ2) is 3.59. The first kappa shape index (κ1) is 8.89. The molecular weight excluding hydrogens is 184 g/mol. The zero-order valence-corrected chi connectivity index (χ0v) is 8.22. The van der Waals surface area contributed by atoms with Crippen molar-refractivity contribution in [3.63, 3.8) is 0 Å². The lowest BCUT2D eigenvalue weighted by atomic mass is 9.97. The summed E-state index contributed by atoms with van der Waals surface area (Å²) < 4.78 is 0. The predicted molar refractivity (Wildman–Crippen MR) is 54.3 cm³/mol. The molecular formula is C11H13ClO. The molecule has 0 radical (unpaired) electrons. The lowest BCUT2D eigenvalue weighted by Crippen LogP contribution is -1.92. The summed E-state index contributed by atoms with van der Waals surface area (Å²) in [5.41, 5.74) is 1.03. The van der Waals surface area contributed by atoms with Gasteiger partial charge in [-0.25, -0.2) is 0 Å². The monoisotopic (exact) mass is 196 g/mol. The first-order chi connectivity index (χ1) is 6.29. The summed E-state index contributed by atoms with van der Waals surface area (Å²) in [7, 11) is 0. The van der Waals surface area contributed by atoms with E-state index < -0.39 is 0 Å². The van der Waals surface area contributed by atoms with Crippen LogP contribution in [0.5, 0.6) is 5.75 Å². The Morgan fingerprint density at radius 3 is 2.62 bits per heavy atom. The fourth-order valence-electron chi connectivity index (χ4n) is 2.10. The van der Waals surface area contributed by atoms with Gasteiger partial charge in [0.25, 0.3) is 0 Å². The first-order valence-corrected chi connectivity index (χ1v) is 5.14. The zero-order valence-electron chi connectivity index (χ0n) is 7.46. The number of hydrogen-bond donors (Lipinski definition) is 1. The third-order valence-electron chi connectivity index (χ3n) is 2.81. The SMILES string of the molecule is Oc1c(Cl)cccc1C1CCCC1. The Morgan fingerprint density at radius 2 is 1.92 bits per heavy atom. The molecule has 0 amide bonds. The van der Waals surface area contributed by atoms with Gasteiger partial charge in [-0.15, -0.1) is 0 Å². The molecule has 0 aliphatic heterocycles. The van der Waals surface area contributed by atoms with Crippen LogP contribution in [0.2, 0.25) is 5.02 Å². The van der Waals surface area contributed by atoms with E-state index in [1.54, 1.807) is 6.07 Å². The smallest absolute Gasteiger partial charge is 0.137 e. The third-order valence-corrected chi connectivity index (χ3v) is 3.12. The van der Waals surface area contributed by atoms with Crippen LogP contribution >= 0.6 is 11.6 Å². The van der Waals surface area contributed by atoms with Gasteiger partial charge in [-0.3, -0.25) is 0 Å². The van der Waals surface area contributed by atoms with E-state index >= 15 is 0 Å². The molecule has 1 saturated carbocycles. The summed E-state index contributed by atoms with van der Waals surface area (Å²) in [5.74, 6) is 0.815. The molecule has 13 heavy (non-hydrogen) atoms. The highest BCUT2D eigenvalue weighted by atomic mass is 35.5. The van der Waals surface area contributed by atoms with Gasteiger partial charge in [-0.2, -0.15) is 0 Å². The van der Waals surface area contributed by atoms with Crippen LogP contribution in [0.25, 0.3) is 0 Å². The number of aromatic hydroxyl groups is 1. The minimum absolute atomic E-state index is 0.288. The molecule has 1 N–H and O–H groups in total. The minimum Gasteiger partial charge on any atom is -0.506 e. The lowest BCUT2D eigenvalue weighted by molar-refractivity contribution is 0.461. The van der Waals surface area contributed by atoms with Crippen molar-refractivity contribution in [2.75, 3.05) is 0 Å². The van der Waals surface area contributed by atoms with Gasteiger partial charge in [0, 0.05) is 0 Å². The van der Waals surface area contributed by atoms with E-state index in [-0.39, 0.29) is 5.75 Å². The molecule has 0 spiro atoms. The van der Waals surface area contributed by atoms with Crippen molar-refractivity contribution in [1.29, 1.82) is 0 Å². The standard InChI is InChI=1S/C11H13ClO/c12-10-7-3-6-9(11(10)13)8-4-1-2-5-8/h3,6-8,13H,1-2,4-5H2. The van der Waals surface area contributed by atoms with E-state index in [1.807, 2.05) is 12.1 Å². The maximum absolute atomic E-state index is 9.73. The second-order valence-corrected chi connectivity index (χ2v) is 4.07. The molecule has 0 bridgehead atoms. The van der Waals surface area contributed by atoms with Gasteiger partial charge < -0.3 is 5.11 Å². The quantitative estimate of drug-likeness (QED) is 0.726. The van der Waals surface area contributed by atoms with E-state index in [2.05, 4.69) is 0 Å². The van der Waals surface area contributed by atoms with E-state index in [0.29, 0.717) is 10.9 Å². The number of rotatable bonds is 1. The normalized spacial score (nSPS) is 17.9. The molecule has 0 heterocycles. The van der Waals surface area contributed by atoms with Crippen LogP contribution < -0.4 is 0 Å². The molecule has 1 aliphatic rings. The molecule has 2 rings (SSSR count). The van der Waals surface area contributed by atoms with Crippen LogP contribution in [0, 0.1) is 0 Å². The van der Waals surface area contributed by atoms with Gasteiger partial charge in [0.1, 0.15) is 5.75 Å². The van der Waals surface area contributed by atoms with Crippen molar-refractivity contribution in [3.8, 4) is 5.75 Å². The molecule has 1 aliphatic carbocycles. The van der Waals surface area contributed by atoms with Gasteiger partial charge in [-0.1, -0.05) is 36.6 Å². The molecule has 0 unspecified atom stereocenters. The Balaban J connectivity index is 2.33. The van der Waals surface area contributed by atoms with Crippen LogP contribution in [-0.4, -0.2) is 5.11 Å². The number of halogens is 1. The van der Waals surface area contributed by atoms with Crippen molar-refractivity contribution in [1.82, 2.24) is 0 Å². The Morgan fingerprint density at radius 1 is 1.23 bits per heavy atom. The molecule has 1 aromatic rings. The fourth-order valence-corrected chi connectivity index (χ4v) is 2.28. The zero-order chi connectivity index (χ0) is 9.26. The summed E-state index contributed by atoms with van der Waals surface area (Å²) in [6.07, 6.45) is 4.93.